The summed E-state index contributed by atoms with van der Waals surface area (Å²) in [5.74, 6) is 0.0808. The molecule has 0 heterocycles. The predicted molar refractivity (Wildman–Crippen MR) is 68.7 cm³/mol. The van der Waals surface area contributed by atoms with Crippen molar-refractivity contribution >= 4 is 40.9 Å². The third kappa shape index (κ3) is 4.64. The van der Waals surface area contributed by atoms with Crippen molar-refractivity contribution in [2.45, 2.75) is 24.2 Å². The minimum absolute atomic E-state index is 0.219. The van der Waals surface area contributed by atoms with Gasteiger partial charge in [0, 0.05) is 11.3 Å². The second-order valence-electron chi connectivity index (χ2n) is 3.25. The highest BCUT2D eigenvalue weighted by atomic mass is 35.5. The van der Waals surface area contributed by atoms with Crippen LogP contribution in [-0.2, 0) is 4.79 Å². The van der Waals surface area contributed by atoms with Gasteiger partial charge in [-0.2, -0.15) is 0 Å². The van der Waals surface area contributed by atoms with Crippen LogP contribution in [0.5, 0.6) is 0 Å². The predicted octanol–water partition coefficient (Wildman–Crippen LogP) is 4.34. The molecule has 0 saturated heterocycles. The van der Waals surface area contributed by atoms with Crippen molar-refractivity contribution in [2.75, 3.05) is 5.75 Å². The number of benzene rings is 1. The average Bonchev–Trinajstić information content (AvgIpc) is 2.21. The summed E-state index contributed by atoms with van der Waals surface area (Å²) in [7, 11) is 0. The second kappa shape index (κ2) is 7.05. The Hall–Kier alpha value is -0.380. The summed E-state index contributed by atoms with van der Waals surface area (Å²) in [6.45, 7) is 0. The van der Waals surface area contributed by atoms with Crippen molar-refractivity contribution in [3.63, 3.8) is 0 Å². The number of carbonyl (C=O) groups is 1. The van der Waals surface area contributed by atoms with Gasteiger partial charge in [0.2, 0.25) is 0 Å². The fourth-order valence-electron chi connectivity index (χ4n) is 1.17. The van der Waals surface area contributed by atoms with Gasteiger partial charge >= 0.3 is 5.97 Å². The first-order valence-electron chi connectivity index (χ1n) is 4.90. The average molecular weight is 279 g/mol. The molecular formula is C11H12Cl2O2S. The molecule has 0 aliphatic rings. The van der Waals surface area contributed by atoms with E-state index in [1.165, 1.54) is 0 Å². The molecule has 0 fully saturated rings. The number of hydrogen-bond acceptors (Lipinski definition) is 2. The van der Waals surface area contributed by atoms with Crippen molar-refractivity contribution in [3.05, 3.63) is 28.2 Å². The maximum atomic E-state index is 10.3. The Balaban J connectivity index is 2.34. The molecule has 0 bridgehead atoms. The summed E-state index contributed by atoms with van der Waals surface area (Å²) in [5, 5.41) is 9.77. The highest BCUT2D eigenvalue weighted by molar-refractivity contribution is 7.99. The molecule has 0 radical (unpaired) electrons. The smallest absolute Gasteiger partial charge is 0.303 e. The number of unbranched alkanes of at least 4 members (excludes halogenated alkanes) is 1. The summed E-state index contributed by atoms with van der Waals surface area (Å²) < 4.78 is 0. The van der Waals surface area contributed by atoms with Gasteiger partial charge in [0.05, 0.1) is 10.0 Å². The zero-order valence-corrected chi connectivity index (χ0v) is 10.9. The lowest BCUT2D eigenvalue weighted by Gasteiger charge is -2.05. The molecule has 1 aromatic carbocycles. The lowest BCUT2D eigenvalue weighted by molar-refractivity contribution is -0.137. The highest BCUT2D eigenvalue weighted by Crippen LogP contribution is 2.34. The zero-order chi connectivity index (χ0) is 12.0. The Morgan fingerprint density at radius 2 is 1.88 bits per heavy atom. The lowest BCUT2D eigenvalue weighted by atomic mass is 10.2. The van der Waals surface area contributed by atoms with Crippen LogP contribution < -0.4 is 0 Å². The minimum atomic E-state index is -0.749. The minimum Gasteiger partial charge on any atom is -0.481 e. The van der Waals surface area contributed by atoms with Crippen LogP contribution in [0.3, 0.4) is 0 Å². The summed E-state index contributed by atoms with van der Waals surface area (Å²) in [6.07, 6.45) is 1.75. The molecule has 5 heteroatoms. The number of carboxylic acids is 1. The molecule has 0 aromatic heterocycles. The number of aliphatic carboxylic acids is 1. The Morgan fingerprint density at radius 3 is 2.44 bits per heavy atom. The van der Waals surface area contributed by atoms with Crippen LogP contribution in [0.15, 0.2) is 23.1 Å². The van der Waals surface area contributed by atoms with E-state index in [9.17, 15) is 4.79 Å². The molecule has 0 unspecified atom stereocenters. The van der Waals surface area contributed by atoms with Gasteiger partial charge in [-0.05, 0) is 30.7 Å². The molecule has 0 aliphatic heterocycles. The molecule has 0 aliphatic carbocycles. The number of halogens is 2. The van der Waals surface area contributed by atoms with Crippen LogP contribution >= 0.6 is 35.0 Å². The lowest BCUT2D eigenvalue weighted by Crippen LogP contribution is -1.94. The van der Waals surface area contributed by atoms with E-state index in [4.69, 9.17) is 28.3 Å². The van der Waals surface area contributed by atoms with Gasteiger partial charge in [-0.1, -0.05) is 29.3 Å². The van der Waals surface area contributed by atoms with Crippen LogP contribution in [0.2, 0.25) is 10.0 Å². The first-order chi connectivity index (χ1) is 7.61. The van der Waals surface area contributed by atoms with Gasteiger partial charge in [0.1, 0.15) is 0 Å². The van der Waals surface area contributed by atoms with Crippen molar-refractivity contribution in [3.8, 4) is 0 Å². The summed E-state index contributed by atoms with van der Waals surface area (Å²) in [6, 6.07) is 5.40. The van der Waals surface area contributed by atoms with Crippen molar-refractivity contribution in [1.29, 1.82) is 0 Å². The van der Waals surface area contributed by atoms with Crippen LogP contribution in [0.4, 0.5) is 0 Å². The standard InChI is InChI=1S/C11H12Cl2O2S/c12-8-4-3-5-9(13)11(8)16-7-2-1-6-10(14)15/h3-5H,1-2,6-7H2,(H,14,15). The van der Waals surface area contributed by atoms with Gasteiger partial charge in [-0.25, -0.2) is 0 Å². The second-order valence-corrected chi connectivity index (χ2v) is 5.17. The van der Waals surface area contributed by atoms with Crippen molar-refractivity contribution < 1.29 is 9.90 Å². The molecule has 0 atom stereocenters. The molecule has 1 rings (SSSR count). The first kappa shape index (κ1) is 13.7. The molecule has 0 amide bonds. The fourth-order valence-corrected chi connectivity index (χ4v) is 2.86. The maximum absolute atomic E-state index is 10.3. The maximum Gasteiger partial charge on any atom is 0.303 e. The number of thioether (sulfide) groups is 1. The first-order valence-corrected chi connectivity index (χ1v) is 6.64. The molecule has 1 aromatic rings. The molecule has 16 heavy (non-hydrogen) atoms. The molecule has 88 valence electrons. The summed E-state index contributed by atoms with van der Waals surface area (Å²) in [5.41, 5.74) is 0. The topological polar surface area (TPSA) is 37.3 Å². The van der Waals surface area contributed by atoms with Crippen LogP contribution in [0.1, 0.15) is 19.3 Å². The van der Waals surface area contributed by atoms with Crippen molar-refractivity contribution in [1.82, 2.24) is 0 Å². The highest BCUT2D eigenvalue weighted by Gasteiger charge is 2.05. The van der Waals surface area contributed by atoms with E-state index in [1.54, 1.807) is 30.0 Å². The Kier molecular flexibility index (Phi) is 6.03. The van der Waals surface area contributed by atoms with Crippen molar-refractivity contribution in [2.24, 2.45) is 0 Å². The van der Waals surface area contributed by atoms with E-state index in [1.807, 2.05) is 0 Å². The van der Waals surface area contributed by atoms with E-state index in [0.29, 0.717) is 16.5 Å². The van der Waals surface area contributed by atoms with E-state index in [-0.39, 0.29) is 6.42 Å². The number of carboxylic acid groups (broad SMARTS) is 1. The van der Waals surface area contributed by atoms with Crippen LogP contribution in [0, 0.1) is 0 Å². The molecule has 2 nitrogen and oxygen atoms in total. The summed E-state index contributed by atoms with van der Waals surface area (Å²) in [4.78, 5) is 11.2. The van der Waals surface area contributed by atoms with E-state index in [0.717, 1.165) is 17.1 Å². The third-order valence-electron chi connectivity index (χ3n) is 1.95. The Bertz CT molecular complexity index is 349. The molecule has 0 saturated carbocycles. The van der Waals surface area contributed by atoms with Crippen LogP contribution in [0.25, 0.3) is 0 Å². The monoisotopic (exact) mass is 278 g/mol. The Labute approximate surface area is 109 Å². The normalized spacial score (nSPS) is 10.4. The van der Waals surface area contributed by atoms with Crippen LogP contribution in [-0.4, -0.2) is 16.8 Å². The zero-order valence-electron chi connectivity index (χ0n) is 8.58. The van der Waals surface area contributed by atoms with Gasteiger partial charge in [0.15, 0.2) is 0 Å². The summed E-state index contributed by atoms with van der Waals surface area (Å²) >= 11 is 13.6. The van der Waals surface area contributed by atoms with E-state index >= 15 is 0 Å². The van der Waals surface area contributed by atoms with Gasteiger partial charge in [0.25, 0.3) is 0 Å². The third-order valence-corrected chi connectivity index (χ3v) is 4.03. The van der Waals surface area contributed by atoms with E-state index < -0.39 is 5.97 Å². The number of rotatable bonds is 6. The number of hydrogen-bond donors (Lipinski definition) is 1. The Morgan fingerprint density at radius 1 is 1.25 bits per heavy atom. The van der Waals surface area contributed by atoms with Gasteiger partial charge in [-0.15, -0.1) is 11.8 Å². The molecule has 1 N–H and O–H groups in total. The fraction of sp³-hybridized carbons (Fsp3) is 0.364. The van der Waals surface area contributed by atoms with E-state index in [2.05, 4.69) is 0 Å². The van der Waals surface area contributed by atoms with Gasteiger partial charge in [-0.3, -0.25) is 4.79 Å². The largest absolute Gasteiger partial charge is 0.481 e. The van der Waals surface area contributed by atoms with Gasteiger partial charge < -0.3 is 5.11 Å². The SMILES string of the molecule is O=C(O)CCCCSc1c(Cl)cccc1Cl. The quantitative estimate of drug-likeness (QED) is 0.621. The molecule has 0 spiro atoms. The molecular weight excluding hydrogens is 267 g/mol.